The Balaban J connectivity index is 2.29. The number of anilines is 1. The summed E-state index contributed by atoms with van der Waals surface area (Å²) in [5.74, 6) is 0. The average Bonchev–Trinajstić information content (AvgIpc) is 2.81. The zero-order chi connectivity index (χ0) is 15.5. The second-order valence-electron chi connectivity index (χ2n) is 4.50. The van der Waals surface area contributed by atoms with Crippen LogP contribution in [-0.2, 0) is 16.6 Å². The molecule has 1 aromatic carbocycles. The van der Waals surface area contributed by atoms with Crippen LogP contribution in [0.3, 0.4) is 0 Å². The molecule has 114 valence electrons. The molecule has 0 saturated carbocycles. The van der Waals surface area contributed by atoms with Crippen LogP contribution in [0.25, 0.3) is 0 Å². The molecule has 0 spiro atoms. The maximum absolute atomic E-state index is 12.5. The molecule has 0 amide bonds. The highest BCUT2D eigenvalue weighted by Crippen LogP contribution is 2.28. The van der Waals surface area contributed by atoms with Gasteiger partial charge in [0, 0.05) is 26.9 Å². The van der Waals surface area contributed by atoms with Gasteiger partial charge in [0.25, 0.3) is 10.0 Å². The van der Waals surface area contributed by atoms with Gasteiger partial charge in [0.05, 0.1) is 0 Å². The Morgan fingerprint density at radius 2 is 2.05 bits per heavy atom. The third-order valence-electron chi connectivity index (χ3n) is 2.89. The van der Waals surface area contributed by atoms with E-state index in [4.69, 9.17) is 0 Å². The Labute approximate surface area is 134 Å². The zero-order valence-electron chi connectivity index (χ0n) is 12.1. The van der Waals surface area contributed by atoms with Gasteiger partial charge in [0.1, 0.15) is 4.90 Å². The molecule has 2 N–H and O–H groups in total. The lowest BCUT2D eigenvalue weighted by atomic mass is 10.3. The molecule has 1 heterocycles. The van der Waals surface area contributed by atoms with Gasteiger partial charge in [-0.15, -0.1) is 23.1 Å². The van der Waals surface area contributed by atoms with Crippen LogP contribution in [0.2, 0.25) is 0 Å². The second kappa shape index (κ2) is 6.83. The van der Waals surface area contributed by atoms with Crippen molar-refractivity contribution in [3.63, 3.8) is 0 Å². The van der Waals surface area contributed by atoms with Gasteiger partial charge in [0.15, 0.2) is 0 Å². The van der Waals surface area contributed by atoms with Crippen molar-refractivity contribution in [2.45, 2.75) is 23.3 Å². The predicted octanol–water partition coefficient (Wildman–Crippen LogP) is 3.30. The third-order valence-corrected chi connectivity index (χ3v) is 6.30. The highest BCUT2D eigenvalue weighted by atomic mass is 32.2. The monoisotopic (exact) mass is 342 g/mol. The second-order valence-corrected chi connectivity index (χ2v) is 8.37. The fourth-order valence-electron chi connectivity index (χ4n) is 1.95. The van der Waals surface area contributed by atoms with Gasteiger partial charge >= 0.3 is 0 Å². The van der Waals surface area contributed by atoms with Crippen LogP contribution in [-0.4, -0.2) is 21.7 Å². The van der Waals surface area contributed by atoms with E-state index in [-0.39, 0.29) is 0 Å². The van der Waals surface area contributed by atoms with Crippen molar-refractivity contribution in [2.24, 2.45) is 0 Å². The lowest BCUT2D eigenvalue weighted by molar-refractivity contribution is 0.601. The van der Waals surface area contributed by atoms with Crippen molar-refractivity contribution in [3.8, 4) is 0 Å². The minimum atomic E-state index is -3.54. The first-order valence-corrected chi connectivity index (χ1v) is 9.89. The fourth-order valence-corrected chi connectivity index (χ4v) is 5.11. The topological polar surface area (TPSA) is 58.2 Å². The average molecular weight is 343 g/mol. The number of thioether (sulfide) groups is 1. The maximum Gasteiger partial charge on any atom is 0.263 e. The van der Waals surface area contributed by atoms with Gasteiger partial charge in [-0.05, 0) is 44.5 Å². The molecule has 2 rings (SSSR count). The molecular weight excluding hydrogens is 324 g/mol. The number of hydrogen-bond acceptors (Lipinski definition) is 5. The van der Waals surface area contributed by atoms with Crippen LogP contribution >= 0.6 is 23.1 Å². The normalized spacial score (nSPS) is 11.6. The smallest absolute Gasteiger partial charge is 0.263 e. The standard InChI is InChI=1S/C14H18N2O2S3/c1-10-14(8-13(20-10)9-15-2)21(17,18)16-11-5-4-6-12(7-11)19-3/h4-8,15-16H,9H2,1-3H3. The predicted molar refractivity (Wildman–Crippen MR) is 90.9 cm³/mol. The van der Waals surface area contributed by atoms with E-state index in [1.165, 1.54) is 11.3 Å². The summed E-state index contributed by atoms with van der Waals surface area (Å²) in [6.45, 7) is 2.50. The Hall–Kier alpha value is -1.02. The molecule has 7 heteroatoms. The van der Waals surface area contributed by atoms with E-state index in [9.17, 15) is 8.42 Å². The molecule has 0 unspecified atom stereocenters. The summed E-state index contributed by atoms with van der Waals surface area (Å²) >= 11 is 3.08. The van der Waals surface area contributed by atoms with Gasteiger partial charge in [0.2, 0.25) is 0 Å². The van der Waals surface area contributed by atoms with Gasteiger partial charge in [-0.3, -0.25) is 4.72 Å². The van der Waals surface area contributed by atoms with Crippen LogP contribution in [0.1, 0.15) is 9.75 Å². The Bertz CT molecular complexity index is 724. The minimum Gasteiger partial charge on any atom is -0.315 e. The maximum atomic E-state index is 12.5. The highest BCUT2D eigenvalue weighted by Gasteiger charge is 2.20. The molecular formula is C14H18N2O2S3. The first kappa shape index (κ1) is 16.4. The summed E-state index contributed by atoms with van der Waals surface area (Å²) < 4.78 is 27.7. The lowest BCUT2D eigenvalue weighted by Gasteiger charge is -2.08. The Morgan fingerprint density at radius 1 is 1.29 bits per heavy atom. The summed E-state index contributed by atoms with van der Waals surface area (Å²) in [6.07, 6.45) is 1.96. The van der Waals surface area contributed by atoms with Gasteiger partial charge in [-0.2, -0.15) is 0 Å². The summed E-state index contributed by atoms with van der Waals surface area (Å²) in [5.41, 5.74) is 0.586. The number of hydrogen-bond donors (Lipinski definition) is 2. The minimum absolute atomic E-state index is 0.354. The molecule has 1 aromatic heterocycles. The molecule has 0 bridgehead atoms. The summed E-state index contributed by atoms with van der Waals surface area (Å²) in [5, 5.41) is 3.03. The fraction of sp³-hybridized carbons (Fsp3) is 0.286. The Kier molecular flexibility index (Phi) is 5.32. The molecule has 21 heavy (non-hydrogen) atoms. The number of thiophene rings is 1. The number of sulfonamides is 1. The van der Waals surface area contributed by atoms with E-state index >= 15 is 0 Å². The first-order valence-electron chi connectivity index (χ1n) is 6.37. The quantitative estimate of drug-likeness (QED) is 0.791. The van der Waals surface area contributed by atoms with E-state index in [0.717, 1.165) is 14.6 Å². The molecule has 0 fully saturated rings. The highest BCUT2D eigenvalue weighted by molar-refractivity contribution is 7.98. The van der Waals surface area contributed by atoms with Crippen LogP contribution in [0.15, 0.2) is 40.1 Å². The van der Waals surface area contributed by atoms with Gasteiger partial charge in [-0.25, -0.2) is 8.42 Å². The van der Waals surface area contributed by atoms with Gasteiger partial charge < -0.3 is 5.32 Å². The largest absolute Gasteiger partial charge is 0.315 e. The zero-order valence-corrected chi connectivity index (χ0v) is 14.6. The first-order chi connectivity index (χ1) is 9.96. The summed E-state index contributed by atoms with van der Waals surface area (Å²) in [6, 6.07) is 9.11. The molecule has 0 saturated heterocycles. The third kappa shape index (κ3) is 4.00. The van der Waals surface area contributed by atoms with Gasteiger partial charge in [-0.1, -0.05) is 6.07 Å². The van der Waals surface area contributed by atoms with Crippen molar-refractivity contribution in [3.05, 3.63) is 40.1 Å². The SMILES string of the molecule is CNCc1cc(S(=O)(=O)Nc2cccc(SC)c2)c(C)s1. The van der Waals surface area contributed by atoms with Crippen LogP contribution in [0, 0.1) is 6.92 Å². The van der Waals surface area contributed by atoms with E-state index in [2.05, 4.69) is 10.0 Å². The lowest BCUT2D eigenvalue weighted by Crippen LogP contribution is -2.13. The van der Waals surface area contributed by atoms with Crippen LogP contribution < -0.4 is 10.0 Å². The molecule has 0 aliphatic rings. The van der Waals surface area contributed by atoms with Crippen LogP contribution in [0.4, 0.5) is 5.69 Å². The van der Waals surface area contributed by atoms with Crippen molar-refractivity contribution in [2.75, 3.05) is 18.0 Å². The molecule has 0 aliphatic heterocycles. The number of nitrogens with one attached hydrogen (secondary N) is 2. The molecule has 0 aliphatic carbocycles. The summed E-state index contributed by atoms with van der Waals surface area (Å²) in [4.78, 5) is 3.18. The van der Waals surface area contributed by atoms with E-state index in [1.54, 1.807) is 23.9 Å². The molecule has 2 aromatic rings. The summed E-state index contributed by atoms with van der Waals surface area (Å²) in [7, 11) is -1.70. The Morgan fingerprint density at radius 3 is 2.71 bits per heavy atom. The van der Waals surface area contributed by atoms with Crippen LogP contribution in [0.5, 0.6) is 0 Å². The number of rotatable bonds is 6. The van der Waals surface area contributed by atoms with Crippen molar-refractivity contribution >= 4 is 38.8 Å². The van der Waals surface area contributed by atoms with Crippen molar-refractivity contribution in [1.29, 1.82) is 0 Å². The van der Waals surface area contributed by atoms with E-state index in [0.29, 0.717) is 17.1 Å². The molecule has 0 radical (unpaired) electrons. The van der Waals surface area contributed by atoms with Crippen molar-refractivity contribution < 1.29 is 8.42 Å². The van der Waals surface area contributed by atoms with Crippen molar-refractivity contribution in [1.82, 2.24) is 5.32 Å². The number of benzene rings is 1. The van der Waals surface area contributed by atoms with E-state index < -0.39 is 10.0 Å². The number of aryl methyl sites for hydroxylation is 1. The molecule has 4 nitrogen and oxygen atoms in total. The van der Waals surface area contributed by atoms with E-state index in [1.807, 2.05) is 38.4 Å². The molecule has 0 atom stereocenters.